The first-order valence-corrected chi connectivity index (χ1v) is 16.4. The molecule has 272 valence electrons. The maximum Gasteiger partial charge on any atom is 0.416 e. The van der Waals surface area contributed by atoms with E-state index in [-0.39, 0.29) is 38.3 Å². The number of ketones is 1. The molecule has 1 aliphatic heterocycles. The molecule has 1 heterocycles. The van der Waals surface area contributed by atoms with Crippen molar-refractivity contribution < 1.29 is 54.4 Å². The smallest absolute Gasteiger partial charge is 0.416 e. The zero-order chi connectivity index (χ0) is 37.3. The van der Waals surface area contributed by atoms with Crippen LogP contribution in [0.4, 0.5) is 35.5 Å². The van der Waals surface area contributed by atoms with Crippen molar-refractivity contribution in [2.75, 3.05) is 20.7 Å². The number of alkyl halides is 6. The van der Waals surface area contributed by atoms with E-state index in [2.05, 4.69) is 9.46 Å². The number of hydrogen-bond donors (Lipinski definition) is 1. The number of nitrogens with one attached hydrogen (secondary N) is 1. The molecule has 4 atom stereocenters. The number of urea groups is 1. The Hall–Kier alpha value is -3.37. The van der Waals surface area contributed by atoms with Crippen LogP contribution in [0.3, 0.4) is 0 Å². The van der Waals surface area contributed by atoms with Gasteiger partial charge in [-0.15, -0.1) is 4.72 Å². The minimum Gasteiger partial charge on any atom is -0.598 e. The molecule has 1 unspecified atom stereocenters. The van der Waals surface area contributed by atoms with Crippen molar-refractivity contribution in [3.05, 3.63) is 70.0 Å². The Balaban J connectivity index is 2.08. The van der Waals surface area contributed by atoms with Gasteiger partial charge in [-0.3, -0.25) is 4.79 Å². The van der Waals surface area contributed by atoms with Crippen molar-refractivity contribution >= 4 is 29.1 Å². The van der Waals surface area contributed by atoms with Crippen molar-refractivity contribution in [1.29, 1.82) is 0 Å². The van der Waals surface area contributed by atoms with Gasteiger partial charge in [0.05, 0.1) is 35.9 Å². The Morgan fingerprint density at radius 1 is 1.06 bits per heavy atom. The van der Waals surface area contributed by atoms with Crippen LogP contribution in [0.5, 0.6) is 0 Å². The number of likely N-dealkylation sites (tertiary alicyclic amines) is 1. The second-order valence-corrected chi connectivity index (χ2v) is 15.2. The number of carbonyl (C=O) groups excluding carboxylic acids is 3. The highest BCUT2D eigenvalue weighted by Gasteiger charge is 2.48. The third-order valence-corrected chi connectivity index (χ3v) is 10.4. The zero-order valence-corrected chi connectivity index (χ0v) is 29.0. The number of nitrogens with zero attached hydrogens (tertiary/aromatic N) is 2. The van der Waals surface area contributed by atoms with Gasteiger partial charge in [0.2, 0.25) is 5.78 Å². The highest BCUT2D eigenvalue weighted by Crippen LogP contribution is 2.43. The summed E-state index contributed by atoms with van der Waals surface area (Å²) in [7, 11) is 2.31. The fourth-order valence-electron chi connectivity index (χ4n) is 5.69. The van der Waals surface area contributed by atoms with E-state index >= 15 is 0 Å². The first kappa shape index (κ1) is 40.1. The largest absolute Gasteiger partial charge is 0.598 e. The van der Waals surface area contributed by atoms with Crippen LogP contribution in [0.1, 0.15) is 93.3 Å². The quantitative estimate of drug-likeness (QED) is 0.125. The maximum atomic E-state index is 14.2. The molecule has 0 radical (unpaired) electrons. The molecule has 2 aromatic carbocycles. The molecule has 3 rings (SSSR count). The molecular formula is C33H40F7N3O5S. The van der Waals surface area contributed by atoms with Gasteiger partial charge in [0.15, 0.2) is 0 Å². The Bertz CT molecular complexity index is 1510. The Kier molecular flexibility index (Phi) is 12.1. The van der Waals surface area contributed by atoms with Gasteiger partial charge in [0.25, 0.3) is 0 Å². The van der Waals surface area contributed by atoms with Gasteiger partial charge in [0.1, 0.15) is 10.6 Å². The van der Waals surface area contributed by atoms with Gasteiger partial charge in [-0.05, 0) is 101 Å². The number of esters is 1. The molecule has 1 saturated heterocycles. The van der Waals surface area contributed by atoms with Crippen LogP contribution in [-0.4, -0.2) is 63.1 Å². The number of piperidine rings is 1. The van der Waals surface area contributed by atoms with E-state index in [1.165, 1.54) is 37.1 Å². The number of aryl methyl sites for hydroxylation is 1. The molecule has 0 bridgehead atoms. The molecule has 0 saturated carbocycles. The fourth-order valence-corrected chi connectivity index (χ4v) is 6.68. The molecule has 8 nitrogen and oxygen atoms in total. The summed E-state index contributed by atoms with van der Waals surface area (Å²) in [6, 6.07) is 2.12. The molecule has 0 aliphatic carbocycles. The predicted octanol–water partition coefficient (Wildman–Crippen LogP) is 7.43. The zero-order valence-electron chi connectivity index (χ0n) is 28.1. The van der Waals surface area contributed by atoms with Crippen molar-refractivity contribution in [2.24, 2.45) is 0 Å². The summed E-state index contributed by atoms with van der Waals surface area (Å²) in [5, 5.41) is 0. The second kappa shape index (κ2) is 14.9. The maximum absolute atomic E-state index is 14.2. The van der Waals surface area contributed by atoms with E-state index in [1.807, 2.05) is 0 Å². The fraction of sp³-hybridized carbons (Fsp3) is 0.545. The van der Waals surface area contributed by atoms with Crippen LogP contribution in [-0.2, 0) is 38.0 Å². The molecular weight excluding hydrogens is 683 g/mol. The summed E-state index contributed by atoms with van der Waals surface area (Å²) in [5.41, 5.74) is -3.65. The second-order valence-electron chi connectivity index (χ2n) is 13.3. The van der Waals surface area contributed by atoms with Crippen LogP contribution in [0, 0.1) is 12.7 Å². The lowest BCUT2D eigenvalue weighted by Gasteiger charge is -2.49. The summed E-state index contributed by atoms with van der Waals surface area (Å²) in [4.78, 5) is 41.0. The van der Waals surface area contributed by atoms with Crippen molar-refractivity contribution in [3.8, 4) is 0 Å². The number of carbonyl (C=O) groups is 3. The number of Topliss-reactive ketones (excluding diaryl/α,β-unsaturated/α-hetero) is 1. The Morgan fingerprint density at radius 3 is 2.12 bits per heavy atom. The van der Waals surface area contributed by atoms with Crippen LogP contribution >= 0.6 is 0 Å². The SMILES string of the molecule is COC(=O)C(=O)CC[C@]1(N[S+]([O-])C(C)(C)C)CCN(C(=O)N(C)[C@H](C)c2cc(C(F)(F)F)cc(C(F)(F)F)c2)[C@@H](c2ccc(F)cc2C)C1. The normalized spacial score (nSPS) is 20.1. The predicted molar refractivity (Wildman–Crippen MR) is 168 cm³/mol. The molecule has 1 fully saturated rings. The third-order valence-electron chi connectivity index (χ3n) is 8.71. The topological polar surface area (TPSA) is 102 Å². The van der Waals surface area contributed by atoms with Crippen LogP contribution in [0.2, 0.25) is 0 Å². The van der Waals surface area contributed by atoms with Gasteiger partial charge < -0.3 is 19.1 Å². The Labute approximate surface area is 283 Å². The number of amides is 2. The average molecular weight is 724 g/mol. The van der Waals surface area contributed by atoms with Gasteiger partial charge in [-0.2, -0.15) is 26.3 Å². The number of hydrogen-bond acceptors (Lipinski definition) is 6. The highest BCUT2D eigenvalue weighted by molar-refractivity contribution is 7.90. The standard InChI is InChI=1S/C33H40F7N3O5S/c1-19-14-24(34)8-9-25(19)26-18-31(41-49(47)30(3,4)5,11-10-27(44)28(45)48-7)12-13-43(26)29(46)42(6)20(2)21-15-22(32(35,36)37)17-23(16-21)33(38,39)40/h8-9,14-17,20,26,41H,10-13,18H2,1-7H3/t20-,26-,31+,49?/m1/s1. The lowest BCUT2D eigenvalue weighted by atomic mass is 9.77. The minimum absolute atomic E-state index is 0.00176. The summed E-state index contributed by atoms with van der Waals surface area (Å²) in [6.07, 6.45) is -10.4. The van der Waals surface area contributed by atoms with Gasteiger partial charge >= 0.3 is 24.4 Å². The van der Waals surface area contributed by atoms with Crippen LogP contribution in [0.15, 0.2) is 36.4 Å². The first-order chi connectivity index (χ1) is 22.4. The number of benzene rings is 2. The van der Waals surface area contributed by atoms with Crippen molar-refractivity contribution in [3.63, 3.8) is 0 Å². The lowest BCUT2D eigenvalue weighted by Crippen LogP contribution is -2.60. The average Bonchev–Trinajstić information content (AvgIpc) is 3.00. The van der Waals surface area contributed by atoms with E-state index in [0.29, 0.717) is 23.3 Å². The Morgan fingerprint density at radius 2 is 1.63 bits per heavy atom. The van der Waals surface area contributed by atoms with Gasteiger partial charge in [-0.25, -0.2) is 14.0 Å². The number of methoxy groups -OCH3 is 1. The van der Waals surface area contributed by atoms with Crippen molar-refractivity contribution in [1.82, 2.24) is 14.5 Å². The third kappa shape index (κ3) is 9.66. The minimum atomic E-state index is -5.09. The number of rotatable bonds is 9. The summed E-state index contributed by atoms with van der Waals surface area (Å²) >= 11 is -1.70. The summed E-state index contributed by atoms with van der Waals surface area (Å²) in [5.74, 6) is -2.46. The first-order valence-electron chi connectivity index (χ1n) is 15.3. The molecule has 16 heteroatoms. The van der Waals surface area contributed by atoms with E-state index in [9.17, 15) is 49.7 Å². The summed E-state index contributed by atoms with van der Waals surface area (Å²) < 4.78 is 116. The van der Waals surface area contributed by atoms with Crippen LogP contribution in [0.25, 0.3) is 0 Å². The number of halogens is 7. The summed E-state index contributed by atoms with van der Waals surface area (Å²) in [6.45, 7) is 7.99. The molecule has 0 spiro atoms. The van der Waals surface area contributed by atoms with E-state index in [1.54, 1.807) is 27.7 Å². The molecule has 1 aliphatic rings. The molecule has 0 aromatic heterocycles. The van der Waals surface area contributed by atoms with Crippen LogP contribution < -0.4 is 4.72 Å². The monoisotopic (exact) mass is 723 g/mol. The van der Waals surface area contributed by atoms with Crippen molar-refractivity contribution in [2.45, 2.75) is 95.0 Å². The molecule has 2 amide bonds. The molecule has 49 heavy (non-hydrogen) atoms. The van der Waals surface area contributed by atoms with E-state index in [0.717, 1.165) is 12.0 Å². The highest BCUT2D eigenvalue weighted by atomic mass is 32.2. The number of ether oxygens (including phenoxy) is 1. The molecule has 1 N–H and O–H groups in total. The van der Waals surface area contributed by atoms with E-state index < -0.39 is 86.4 Å². The lowest BCUT2D eigenvalue weighted by molar-refractivity contribution is -0.151. The van der Waals surface area contributed by atoms with Gasteiger partial charge in [-0.1, -0.05) is 6.07 Å². The van der Waals surface area contributed by atoms with Gasteiger partial charge in [0, 0.05) is 31.4 Å². The molecule has 2 aromatic rings. The van der Waals surface area contributed by atoms with E-state index in [4.69, 9.17) is 0 Å².